The molecule has 0 atom stereocenters. The average Bonchev–Trinajstić information content (AvgIpc) is 2.56. The zero-order valence-corrected chi connectivity index (χ0v) is 18.1. The van der Waals surface area contributed by atoms with E-state index in [0.717, 1.165) is 26.2 Å². The van der Waals surface area contributed by atoms with Crippen LogP contribution in [0.4, 0.5) is 5.69 Å². The minimum Gasteiger partial charge on any atom is -0.370 e. The van der Waals surface area contributed by atoms with Crippen LogP contribution in [0.3, 0.4) is 0 Å². The molecule has 1 aromatic rings. The van der Waals surface area contributed by atoms with Gasteiger partial charge in [0.25, 0.3) is 0 Å². The van der Waals surface area contributed by atoms with Crippen molar-refractivity contribution in [3.8, 4) is 0 Å². The maximum Gasteiger partial charge on any atom is 0.241 e. The first kappa shape index (κ1) is 23.5. The van der Waals surface area contributed by atoms with Crippen LogP contribution in [0.15, 0.2) is 29.3 Å². The molecule has 0 heterocycles. The van der Waals surface area contributed by atoms with Crippen LogP contribution in [-0.2, 0) is 4.79 Å². The highest BCUT2D eigenvalue weighted by Gasteiger charge is 2.05. The van der Waals surface area contributed by atoms with E-state index in [1.807, 2.05) is 13.8 Å². The highest BCUT2D eigenvalue weighted by atomic mass is 127. The van der Waals surface area contributed by atoms with E-state index in [1.54, 1.807) is 0 Å². The van der Waals surface area contributed by atoms with Gasteiger partial charge in [0.15, 0.2) is 5.96 Å². The second kappa shape index (κ2) is 13.7. The molecule has 0 fully saturated rings. The lowest BCUT2D eigenvalue weighted by atomic mass is 10.2. The lowest BCUT2D eigenvalue weighted by Gasteiger charge is -2.24. The summed E-state index contributed by atoms with van der Waals surface area (Å²) in [5.41, 5.74) is 2.49. The highest BCUT2D eigenvalue weighted by molar-refractivity contribution is 14.0. The van der Waals surface area contributed by atoms with Crippen molar-refractivity contribution in [2.75, 3.05) is 44.2 Å². The third-order valence-electron chi connectivity index (χ3n) is 3.52. The fourth-order valence-corrected chi connectivity index (χ4v) is 2.35. The van der Waals surface area contributed by atoms with E-state index >= 15 is 0 Å². The van der Waals surface area contributed by atoms with Crippen molar-refractivity contribution in [1.29, 1.82) is 0 Å². The van der Waals surface area contributed by atoms with E-state index in [4.69, 9.17) is 0 Å². The molecule has 0 spiro atoms. The maximum atomic E-state index is 11.5. The lowest BCUT2D eigenvalue weighted by Crippen LogP contribution is -2.42. The SMILES string of the molecule is CCNC(=O)CN=C(NCC)NCCN(CC)c1cccc(C)c1.I. The normalized spacial score (nSPS) is 10.6. The van der Waals surface area contributed by atoms with Gasteiger partial charge in [-0.25, -0.2) is 4.99 Å². The summed E-state index contributed by atoms with van der Waals surface area (Å²) in [5, 5.41) is 9.19. The fourth-order valence-electron chi connectivity index (χ4n) is 2.35. The van der Waals surface area contributed by atoms with Crippen LogP contribution in [0.2, 0.25) is 0 Å². The summed E-state index contributed by atoms with van der Waals surface area (Å²) < 4.78 is 0. The fraction of sp³-hybridized carbons (Fsp3) is 0.556. The van der Waals surface area contributed by atoms with Gasteiger partial charge in [-0.15, -0.1) is 24.0 Å². The Hall–Kier alpha value is -1.51. The standard InChI is InChI=1S/C18H31N5O.HI/c1-5-19-17(24)14-22-18(20-6-2)21-11-12-23(7-3)16-10-8-9-15(4)13-16;/h8-10,13H,5-7,11-12,14H2,1-4H3,(H,19,24)(H2,20,21,22);1H. The largest absolute Gasteiger partial charge is 0.370 e. The third kappa shape index (κ3) is 9.52. The molecular weight excluding hydrogens is 429 g/mol. The first-order valence-corrected chi connectivity index (χ1v) is 8.71. The van der Waals surface area contributed by atoms with Crippen LogP contribution in [0.25, 0.3) is 0 Å². The van der Waals surface area contributed by atoms with Gasteiger partial charge in [0.1, 0.15) is 6.54 Å². The van der Waals surface area contributed by atoms with Crippen LogP contribution >= 0.6 is 24.0 Å². The van der Waals surface area contributed by atoms with Crippen molar-refractivity contribution in [1.82, 2.24) is 16.0 Å². The quantitative estimate of drug-likeness (QED) is 0.300. The van der Waals surface area contributed by atoms with Gasteiger partial charge in [0, 0.05) is 38.4 Å². The summed E-state index contributed by atoms with van der Waals surface area (Å²) in [5.74, 6) is 0.605. The number of aryl methyl sites for hydroxylation is 1. The number of hydrogen-bond acceptors (Lipinski definition) is 3. The molecule has 0 saturated heterocycles. The second-order valence-electron chi connectivity index (χ2n) is 5.49. The van der Waals surface area contributed by atoms with Crippen molar-refractivity contribution < 1.29 is 4.79 Å². The number of aliphatic imine (C=N–C) groups is 1. The highest BCUT2D eigenvalue weighted by Crippen LogP contribution is 2.14. The number of likely N-dealkylation sites (N-methyl/N-ethyl adjacent to an activating group) is 2. The molecule has 0 aromatic heterocycles. The number of guanidine groups is 1. The number of nitrogens with one attached hydrogen (secondary N) is 3. The van der Waals surface area contributed by atoms with Crippen molar-refractivity contribution in [3.63, 3.8) is 0 Å². The van der Waals surface area contributed by atoms with Gasteiger partial charge in [0.2, 0.25) is 5.91 Å². The molecule has 0 saturated carbocycles. The molecule has 0 aliphatic heterocycles. The minimum atomic E-state index is -0.0651. The van der Waals surface area contributed by atoms with Gasteiger partial charge in [-0.1, -0.05) is 12.1 Å². The number of nitrogens with zero attached hydrogens (tertiary/aromatic N) is 2. The summed E-state index contributed by atoms with van der Waals surface area (Å²) in [6, 6.07) is 8.51. The topological polar surface area (TPSA) is 68.8 Å². The Kier molecular flexibility index (Phi) is 12.9. The van der Waals surface area contributed by atoms with Crippen LogP contribution in [0, 0.1) is 6.92 Å². The third-order valence-corrected chi connectivity index (χ3v) is 3.52. The summed E-state index contributed by atoms with van der Waals surface area (Å²) in [4.78, 5) is 18.1. The van der Waals surface area contributed by atoms with E-state index in [9.17, 15) is 4.79 Å². The monoisotopic (exact) mass is 461 g/mol. The number of anilines is 1. The number of amides is 1. The van der Waals surface area contributed by atoms with E-state index in [0.29, 0.717) is 12.5 Å². The van der Waals surface area contributed by atoms with E-state index < -0.39 is 0 Å². The molecule has 0 radical (unpaired) electrons. The molecule has 3 N–H and O–H groups in total. The van der Waals surface area contributed by atoms with E-state index in [2.05, 4.69) is 64.0 Å². The molecule has 1 rings (SSSR count). The summed E-state index contributed by atoms with van der Waals surface area (Å²) in [7, 11) is 0. The molecule has 0 bridgehead atoms. The summed E-state index contributed by atoms with van der Waals surface area (Å²) >= 11 is 0. The molecule has 1 amide bonds. The van der Waals surface area contributed by atoms with Gasteiger partial charge >= 0.3 is 0 Å². The Labute approximate surface area is 168 Å². The van der Waals surface area contributed by atoms with Crippen LogP contribution in [0.5, 0.6) is 0 Å². The van der Waals surface area contributed by atoms with Gasteiger partial charge in [-0.3, -0.25) is 4.79 Å². The number of carbonyl (C=O) groups is 1. The molecule has 25 heavy (non-hydrogen) atoms. The van der Waals surface area contributed by atoms with Gasteiger partial charge in [-0.2, -0.15) is 0 Å². The molecule has 0 aliphatic rings. The Morgan fingerprint density at radius 1 is 1.12 bits per heavy atom. The molecule has 0 aliphatic carbocycles. The zero-order valence-electron chi connectivity index (χ0n) is 15.8. The molecule has 7 heteroatoms. The van der Waals surface area contributed by atoms with Gasteiger partial charge in [-0.05, 0) is 45.4 Å². The smallest absolute Gasteiger partial charge is 0.241 e. The predicted molar refractivity (Wildman–Crippen MR) is 117 cm³/mol. The Morgan fingerprint density at radius 2 is 1.84 bits per heavy atom. The second-order valence-corrected chi connectivity index (χ2v) is 5.49. The first-order valence-electron chi connectivity index (χ1n) is 8.71. The Balaban J connectivity index is 0.00000576. The van der Waals surface area contributed by atoms with E-state index in [-0.39, 0.29) is 36.4 Å². The first-order chi connectivity index (χ1) is 11.6. The molecule has 0 unspecified atom stereocenters. The van der Waals surface area contributed by atoms with Crippen molar-refractivity contribution >= 4 is 41.5 Å². The number of rotatable bonds is 9. The Bertz CT molecular complexity index is 536. The molecule has 142 valence electrons. The van der Waals surface area contributed by atoms with Crippen molar-refractivity contribution in [2.45, 2.75) is 27.7 Å². The number of halogens is 1. The average molecular weight is 461 g/mol. The van der Waals surface area contributed by atoms with Gasteiger partial charge < -0.3 is 20.9 Å². The van der Waals surface area contributed by atoms with Crippen molar-refractivity contribution in [2.24, 2.45) is 4.99 Å². The van der Waals surface area contributed by atoms with Crippen molar-refractivity contribution in [3.05, 3.63) is 29.8 Å². The molecular formula is C18H32IN5O. The van der Waals surface area contributed by atoms with Crippen LogP contribution in [-0.4, -0.2) is 51.1 Å². The van der Waals surface area contributed by atoms with Crippen LogP contribution in [0.1, 0.15) is 26.3 Å². The molecule has 6 nitrogen and oxygen atoms in total. The predicted octanol–water partition coefficient (Wildman–Crippen LogP) is 2.13. The minimum absolute atomic E-state index is 0. The molecule has 1 aromatic carbocycles. The number of benzene rings is 1. The summed E-state index contributed by atoms with van der Waals surface area (Å²) in [6.07, 6.45) is 0. The van der Waals surface area contributed by atoms with Gasteiger partial charge in [0.05, 0.1) is 0 Å². The maximum absolute atomic E-state index is 11.5. The number of hydrogen-bond donors (Lipinski definition) is 3. The van der Waals surface area contributed by atoms with E-state index in [1.165, 1.54) is 11.3 Å². The number of carbonyl (C=O) groups excluding carboxylic acids is 1. The van der Waals surface area contributed by atoms with Crippen LogP contribution < -0.4 is 20.9 Å². The Morgan fingerprint density at radius 3 is 2.44 bits per heavy atom. The summed E-state index contributed by atoms with van der Waals surface area (Å²) in [6.45, 7) is 12.2. The lowest BCUT2D eigenvalue weighted by molar-refractivity contribution is -0.119. The zero-order chi connectivity index (χ0) is 17.8.